The lowest BCUT2D eigenvalue weighted by atomic mass is 10.2. The van der Waals surface area contributed by atoms with Crippen molar-refractivity contribution in [3.8, 4) is 0 Å². The molecule has 0 unspecified atom stereocenters. The lowest BCUT2D eigenvalue weighted by Crippen LogP contribution is -2.49. The zero-order valence-corrected chi connectivity index (χ0v) is 20.6. The number of piperazine rings is 1. The summed E-state index contributed by atoms with van der Waals surface area (Å²) in [5, 5.41) is 1.71. The highest BCUT2D eigenvalue weighted by Crippen LogP contribution is 2.34. The van der Waals surface area contributed by atoms with E-state index in [4.69, 9.17) is 4.98 Å². The first-order valence-electron chi connectivity index (χ1n) is 11.2. The molecule has 5 rings (SSSR count). The van der Waals surface area contributed by atoms with Crippen LogP contribution in [0, 0.1) is 0 Å². The summed E-state index contributed by atoms with van der Waals surface area (Å²) in [4.78, 5) is 32.8. The third kappa shape index (κ3) is 5.15. The zero-order valence-electron chi connectivity index (χ0n) is 19.0. The van der Waals surface area contributed by atoms with Crippen molar-refractivity contribution in [2.24, 2.45) is 0 Å². The summed E-state index contributed by atoms with van der Waals surface area (Å²) in [6.45, 7) is 3.95. The summed E-state index contributed by atoms with van der Waals surface area (Å²) in [7, 11) is 2.03. The Morgan fingerprint density at radius 2 is 1.71 bits per heavy atom. The second-order valence-electron chi connectivity index (χ2n) is 8.16. The monoisotopic (exact) mass is 490 g/mol. The fourth-order valence-electron chi connectivity index (χ4n) is 3.99. The Balaban J connectivity index is 1.20. The zero-order chi connectivity index (χ0) is 23.3. The van der Waals surface area contributed by atoms with Crippen LogP contribution < -0.4 is 9.80 Å². The lowest BCUT2D eigenvalue weighted by Gasteiger charge is -2.36. The first-order chi connectivity index (χ1) is 16.7. The number of rotatable bonds is 7. The minimum Gasteiger partial charge on any atom is -0.368 e. The summed E-state index contributed by atoms with van der Waals surface area (Å²) < 4.78 is 0.934. The normalized spacial score (nSPS) is 13.9. The second-order valence-corrected chi connectivity index (χ2v) is 10.1. The van der Waals surface area contributed by atoms with Crippen molar-refractivity contribution in [3.05, 3.63) is 72.6 Å². The molecule has 174 valence electrons. The van der Waals surface area contributed by atoms with Gasteiger partial charge in [-0.2, -0.15) is 4.98 Å². The van der Waals surface area contributed by atoms with E-state index in [1.165, 1.54) is 29.3 Å². The Morgan fingerprint density at radius 1 is 1.00 bits per heavy atom. The number of thioether (sulfide) groups is 1. The molecule has 1 saturated heterocycles. The molecule has 2 aromatic heterocycles. The van der Waals surface area contributed by atoms with Gasteiger partial charge in [-0.3, -0.25) is 4.79 Å². The standard InChI is InChI=1S/C25H26N6OS2/c1-29(16-19-8-4-2-5-9-19)25-28-23-22(34-25)24(27-18-26-23)33-17-21(32)31-14-12-30(13-15-31)20-10-6-3-7-11-20/h2-11,18H,12-17H2,1H3. The topological polar surface area (TPSA) is 65.5 Å². The van der Waals surface area contributed by atoms with Crippen molar-refractivity contribution in [3.63, 3.8) is 0 Å². The lowest BCUT2D eigenvalue weighted by molar-refractivity contribution is -0.128. The first kappa shape index (κ1) is 22.6. The Morgan fingerprint density at radius 3 is 2.44 bits per heavy atom. The fraction of sp³-hybridized carbons (Fsp3) is 0.280. The predicted octanol–water partition coefficient (Wildman–Crippen LogP) is 4.16. The summed E-state index contributed by atoms with van der Waals surface area (Å²) in [6.07, 6.45) is 1.54. The second kappa shape index (κ2) is 10.4. The third-order valence-electron chi connectivity index (χ3n) is 5.82. The number of fused-ring (bicyclic) bond motifs is 1. The Bertz CT molecular complexity index is 1240. The van der Waals surface area contributed by atoms with E-state index in [1.807, 2.05) is 36.2 Å². The summed E-state index contributed by atoms with van der Waals surface area (Å²) >= 11 is 3.05. The molecule has 0 bridgehead atoms. The van der Waals surface area contributed by atoms with Crippen LogP contribution in [0.1, 0.15) is 5.56 Å². The molecule has 0 spiro atoms. The van der Waals surface area contributed by atoms with Gasteiger partial charge < -0.3 is 14.7 Å². The number of amides is 1. The minimum atomic E-state index is 0.149. The van der Waals surface area contributed by atoms with Gasteiger partial charge in [-0.05, 0) is 17.7 Å². The van der Waals surface area contributed by atoms with Gasteiger partial charge in [0.1, 0.15) is 16.1 Å². The van der Waals surface area contributed by atoms with Crippen molar-refractivity contribution >= 4 is 50.2 Å². The molecule has 0 N–H and O–H groups in total. The van der Waals surface area contributed by atoms with Gasteiger partial charge in [0.25, 0.3) is 0 Å². The van der Waals surface area contributed by atoms with Crippen LogP contribution in [0.3, 0.4) is 0 Å². The summed E-state index contributed by atoms with van der Waals surface area (Å²) in [6, 6.07) is 20.7. The van der Waals surface area contributed by atoms with E-state index in [-0.39, 0.29) is 5.91 Å². The van der Waals surface area contributed by atoms with E-state index in [0.717, 1.165) is 47.6 Å². The number of benzene rings is 2. The van der Waals surface area contributed by atoms with Crippen LogP contribution in [0.25, 0.3) is 10.3 Å². The molecule has 34 heavy (non-hydrogen) atoms. The molecular weight excluding hydrogens is 464 g/mol. The molecule has 0 atom stereocenters. The molecule has 0 radical (unpaired) electrons. The van der Waals surface area contributed by atoms with E-state index >= 15 is 0 Å². The first-order valence-corrected chi connectivity index (χ1v) is 13.0. The Hall–Kier alpha value is -3.17. The van der Waals surface area contributed by atoms with Crippen LogP contribution in [-0.2, 0) is 11.3 Å². The Labute approximate surface area is 207 Å². The molecular formula is C25H26N6OS2. The largest absolute Gasteiger partial charge is 0.368 e. The number of carbonyl (C=O) groups is 1. The number of thiazole rings is 1. The molecule has 0 saturated carbocycles. The van der Waals surface area contributed by atoms with Crippen LogP contribution in [0.15, 0.2) is 72.0 Å². The van der Waals surface area contributed by atoms with E-state index in [9.17, 15) is 4.79 Å². The van der Waals surface area contributed by atoms with Crippen molar-refractivity contribution in [1.82, 2.24) is 19.9 Å². The average Bonchev–Trinajstić information content (AvgIpc) is 3.34. The number of hydrogen-bond donors (Lipinski definition) is 0. The van der Waals surface area contributed by atoms with Crippen LogP contribution in [0.2, 0.25) is 0 Å². The van der Waals surface area contributed by atoms with Crippen LogP contribution >= 0.6 is 23.1 Å². The third-order valence-corrected chi connectivity index (χ3v) is 8.09. The average molecular weight is 491 g/mol. The predicted molar refractivity (Wildman–Crippen MR) is 140 cm³/mol. The number of nitrogens with zero attached hydrogens (tertiary/aromatic N) is 6. The van der Waals surface area contributed by atoms with Crippen LogP contribution in [0.5, 0.6) is 0 Å². The number of carbonyl (C=O) groups excluding carboxylic acids is 1. The number of anilines is 2. The van der Waals surface area contributed by atoms with Crippen molar-refractivity contribution in [2.75, 3.05) is 48.8 Å². The molecule has 1 aliphatic rings. The van der Waals surface area contributed by atoms with E-state index in [2.05, 4.69) is 56.2 Å². The van der Waals surface area contributed by atoms with Crippen LogP contribution in [-0.4, -0.2) is 64.7 Å². The van der Waals surface area contributed by atoms with Gasteiger partial charge in [-0.1, -0.05) is 71.6 Å². The maximum absolute atomic E-state index is 12.9. The quantitative estimate of drug-likeness (QED) is 0.285. The number of aromatic nitrogens is 3. The van der Waals surface area contributed by atoms with E-state index in [0.29, 0.717) is 11.4 Å². The smallest absolute Gasteiger partial charge is 0.233 e. The molecule has 1 fully saturated rings. The molecule has 3 heterocycles. The van der Waals surface area contributed by atoms with E-state index in [1.54, 1.807) is 11.3 Å². The van der Waals surface area contributed by atoms with Crippen molar-refractivity contribution in [1.29, 1.82) is 0 Å². The number of para-hydroxylation sites is 1. The highest BCUT2D eigenvalue weighted by atomic mass is 32.2. The van der Waals surface area contributed by atoms with Crippen LogP contribution in [0.4, 0.5) is 10.8 Å². The minimum absolute atomic E-state index is 0.149. The SMILES string of the molecule is CN(Cc1ccccc1)c1nc2ncnc(SCC(=O)N3CCN(c4ccccc4)CC3)c2s1. The molecule has 1 amide bonds. The van der Waals surface area contributed by atoms with Gasteiger partial charge in [0.2, 0.25) is 5.91 Å². The van der Waals surface area contributed by atoms with Gasteiger partial charge in [-0.25, -0.2) is 9.97 Å². The van der Waals surface area contributed by atoms with Gasteiger partial charge in [0.15, 0.2) is 10.8 Å². The van der Waals surface area contributed by atoms with Gasteiger partial charge in [0.05, 0.1) is 5.75 Å². The van der Waals surface area contributed by atoms with Gasteiger partial charge >= 0.3 is 0 Å². The maximum atomic E-state index is 12.9. The molecule has 4 aromatic rings. The summed E-state index contributed by atoms with van der Waals surface area (Å²) in [5.41, 5.74) is 3.12. The van der Waals surface area contributed by atoms with E-state index < -0.39 is 0 Å². The highest BCUT2D eigenvalue weighted by Gasteiger charge is 2.22. The Kier molecular flexibility index (Phi) is 6.92. The molecule has 1 aliphatic heterocycles. The van der Waals surface area contributed by atoms with Gasteiger partial charge in [0, 0.05) is 45.5 Å². The van der Waals surface area contributed by atoms with Crippen molar-refractivity contribution in [2.45, 2.75) is 11.6 Å². The molecule has 7 nitrogen and oxygen atoms in total. The molecule has 9 heteroatoms. The number of hydrogen-bond acceptors (Lipinski definition) is 8. The van der Waals surface area contributed by atoms with Gasteiger partial charge in [-0.15, -0.1) is 0 Å². The highest BCUT2D eigenvalue weighted by molar-refractivity contribution is 8.00. The maximum Gasteiger partial charge on any atom is 0.233 e. The fourth-order valence-corrected chi connectivity index (χ4v) is 5.94. The van der Waals surface area contributed by atoms with Crippen molar-refractivity contribution < 1.29 is 4.79 Å². The summed E-state index contributed by atoms with van der Waals surface area (Å²) in [5.74, 6) is 0.514. The molecule has 2 aromatic carbocycles. The molecule has 0 aliphatic carbocycles.